The minimum atomic E-state index is 0.0561. The van der Waals surface area contributed by atoms with E-state index >= 15 is 0 Å². The summed E-state index contributed by atoms with van der Waals surface area (Å²) in [6, 6.07) is 13.2. The summed E-state index contributed by atoms with van der Waals surface area (Å²) >= 11 is 0. The number of amides is 1. The molecule has 25 heavy (non-hydrogen) atoms. The first-order chi connectivity index (χ1) is 12.0. The summed E-state index contributed by atoms with van der Waals surface area (Å²) in [5.41, 5.74) is 7.23. The summed E-state index contributed by atoms with van der Waals surface area (Å²) < 4.78 is 0. The molecule has 0 heterocycles. The number of hydrogen-bond acceptors (Lipinski definition) is 2. The number of nitrogens with zero attached hydrogens (tertiary/aromatic N) is 1. The lowest BCUT2D eigenvalue weighted by Crippen LogP contribution is -2.35. The Morgan fingerprint density at radius 3 is 2.56 bits per heavy atom. The van der Waals surface area contributed by atoms with Crippen molar-refractivity contribution >= 4 is 11.6 Å². The topological polar surface area (TPSA) is 32.3 Å². The maximum Gasteiger partial charge on any atom is 0.238 e. The van der Waals surface area contributed by atoms with Crippen LogP contribution in [-0.4, -0.2) is 24.4 Å². The van der Waals surface area contributed by atoms with E-state index in [0.717, 1.165) is 29.7 Å². The number of fused-ring (bicyclic) bond motifs is 1. The molecule has 0 fully saturated rings. The van der Waals surface area contributed by atoms with Crippen LogP contribution in [0.25, 0.3) is 0 Å². The lowest BCUT2D eigenvalue weighted by atomic mass is 9.87. The molecule has 0 saturated heterocycles. The van der Waals surface area contributed by atoms with Gasteiger partial charge in [0.15, 0.2) is 0 Å². The summed E-state index contributed by atoms with van der Waals surface area (Å²) in [5, 5.41) is 3.12. The smallest absolute Gasteiger partial charge is 0.238 e. The Labute approximate surface area is 151 Å². The van der Waals surface area contributed by atoms with Gasteiger partial charge < -0.3 is 5.32 Å². The molecule has 2 aromatic carbocycles. The van der Waals surface area contributed by atoms with Crippen molar-refractivity contribution < 1.29 is 4.79 Å². The molecule has 0 aliphatic heterocycles. The molecule has 2 aromatic rings. The van der Waals surface area contributed by atoms with Crippen LogP contribution in [0, 0.1) is 20.8 Å². The quantitative estimate of drug-likeness (QED) is 0.888. The van der Waals surface area contributed by atoms with Gasteiger partial charge in [-0.1, -0.05) is 42.0 Å². The predicted molar refractivity (Wildman–Crippen MR) is 104 cm³/mol. The zero-order valence-electron chi connectivity index (χ0n) is 15.7. The van der Waals surface area contributed by atoms with Crippen LogP contribution < -0.4 is 5.32 Å². The van der Waals surface area contributed by atoms with E-state index in [1.165, 1.54) is 23.1 Å². The van der Waals surface area contributed by atoms with Crippen molar-refractivity contribution in [2.24, 2.45) is 0 Å². The molecule has 0 aromatic heterocycles. The molecule has 132 valence electrons. The molecule has 0 saturated carbocycles. The van der Waals surface area contributed by atoms with Gasteiger partial charge in [-0.05, 0) is 69.3 Å². The van der Waals surface area contributed by atoms with E-state index in [0.29, 0.717) is 12.6 Å². The molecule has 1 N–H and O–H groups in total. The fourth-order valence-corrected chi connectivity index (χ4v) is 4.08. The van der Waals surface area contributed by atoms with Gasteiger partial charge in [0.25, 0.3) is 0 Å². The van der Waals surface area contributed by atoms with Crippen LogP contribution in [0.2, 0.25) is 0 Å². The maximum atomic E-state index is 12.6. The van der Waals surface area contributed by atoms with Gasteiger partial charge in [-0.15, -0.1) is 0 Å². The van der Waals surface area contributed by atoms with E-state index in [-0.39, 0.29) is 5.91 Å². The van der Waals surface area contributed by atoms with Gasteiger partial charge in [0.2, 0.25) is 5.91 Å². The average Bonchev–Trinajstić information content (AvgIpc) is 2.57. The number of anilines is 1. The van der Waals surface area contributed by atoms with Gasteiger partial charge in [-0.3, -0.25) is 9.69 Å². The fraction of sp³-hybridized carbons (Fsp3) is 0.409. The largest absolute Gasteiger partial charge is 0.324 e. The van der Waals surface area contributed by atoms with Gasteiger partial charge in [-0.2, -0.15) is 0 Å². The van der Waals surface area contributed by atoms with Crippen LogP contribution >= 0.6 is 0 Å². The monoisotopic (exact) mass is 336 g/mol. The van der Waals surface area contributed by atoms with Crippen LogP contribution in [0.1, 0.15) is 46.7 Å². The first kappa shape index (κ1) is 17.7. The first-order valence-corrected chi connectivity index (χ1v) is 9.11. The SMILES string of the molecule is Cc1cc(C)c(NC(=O)CN(C)[C@@H]2CCCc3ccccc32)c(C)c1. The highest BCUT2D eigenvalue weighted by molar-refractivity contribution is 5.93. The zero-order chi connectivity index (χ0) is 18.0. The Morgan fingerprint density at radius 2 is 1.84 bits per heavy atom. The van der Waals surface area contributed by atoms with E-state index in [4.69, 9.17) is 0 Å². The molecular weight excluding hydrogens is 308 g/mol. The summed E-state index contributed by atoms with van der Waals surface area (Å²) in [4.78, 5) is 14.8. The maximum absolute atomic E-state index is 12.6. The highest BCUT2D eigenvalue weighted by atomic mass is 16.2. The third-order valence-electron chi connectivity index (χ3n) is 5.20. The third kappa shape index (κ3) is 3.93. The summed E-state index contributed by atoms with van der Waals surface area (Å²) in [6.07, 6.45) is 3.45. The second-order valence-corrected chi connectivity index (χ2v) is 7.34. The molecule has 3 rings (SSSR count). The number of rotatable bonds is 4. The van der Waals surface area contributed by atoms with Crippen molar-refractivity contribution in [3.8, 4) is 0 Å². The van der Waals surface area contributed by atoms with Crippen LogP contribution in [0.5, 0.6) is 0 Å². The average molecular weight is 336 g/mol. The van der Waals surface area contributed by atoms with Gasteiger partial charge in [0.05, 0.1) is 6.54 Å². The lowest BCUT2D eigenvalue weighted by Gasteiger charge is -2.33. The van der Waals surface area contributed by atoms with Crippen LogP contribution in [0.3, 0.4) is 0 Å². The second kappa shape index (κ2) is 7.40. The van der Waals surface area contributed by atoms with E-state index < -0.39 is 0 Å². The number of benzene rings is 2. The Balaban J connectivity index is 1.70. The van der Waals surface area contributed by atoms with E-state index in [9.17, 15) is 4.79 Å². The molecule has 1 amide bonds. The number of likely N-dealkylation sites (N-methyl/N-ethyl adjacent to an activating group) is 1. The van der Waals surface area contributed by atoms with Crippen molar-refractivity contribution in [3.63, 3.8) is 0 Å². The molecule has 0 unspecified atom stereocenters. The Kier molecular flexibility index (Phi) is 5.24. The summed E-state index contributed by atoms with van der Waals surface area (Å²) in [7, 11) is 2.06. The number of aryl methyl sites for hydroxylation is 4. The van der Waals surface area contributed by atoms with Gasteiger partial charge >= 0.3 is 0 Å². The second-order valence-electron chi connectivity index (χ2n) is 7.34. The van der Waals surface area contributed by atoms with Crippen molar-refractivity contribution in [3.05, 3.63) is 64.2 Å². The fourth-order valence-electron chi connectivity index (χ4n) is 4.08. The minimum absolute atomic E-state index is 0.0561. The number of hydrogen-bond donors (Lipinski definition) is 1. The normalized spacial score (nSPS) is 16.6. The Morgan fingerprint density at radius 1 is 1.16 bits per heavy atom. The van der Waals surface area contributed by atoms with Crippen LogP contribution in [0.15, 0.2) is 36.4 Å². The standard InChI is InChI=1S/C22H28N2O/c1-15-12-16(2)22(17(3)13-15)23-21(25)14-24(4)20-11-7-9-18-8-5-6-10-19(18)20/h5-6,8,10,12-13,20H,7,9,11,14H2,1-4H3,(H,23,25)/t20-/m1/s1. The highest BCUT2D eigenvalue weighted by Crippen LogP contribution is 2.33. The van der Waals surface area contributed by atoms with Gasteiger partial charge in [0.1, 0.15) is 0 Å². The van der Waals surface area contributed by atoms with Crippen molar-refractivity contribution in [2.75, 3.05) is 18.9 Å². The molecule has 0 spiro atoms. The molecular formula is C22H28N2O. The van der Waals surface area contributed by atoms with Crippen LogP contribution in [0.4, 0.5) is 5.69 Å². The predicted octanol–water partition coefficient (Wildman–Crippen LogP) is 4.56. The minimum Gasteiger partial charge on any atom is -0.324 e. The van der Waals surface area contributed by atoms with Crippen molar-refractivity contribution in [1.29, 1.82) is 0 Å². The van der Waals surface area contributed by atoms with Crippen molar-refractivity contribution in [2.45, 2.75) is 46.1 Å². The van der Waals surface area contributed by atoms with E-state index in [2.05, 4.69) is 74.4 Å². The molecule has 3 heteroatoms. The van der Waals surface area contributed by atoms with E-state index in [1.807, 2.05) is 0 Å². The van der Waals surface area contributed by atoms with Gasteiger partial charge in [0, 0.05) is 11.7 Å². The Bertz CT molecular complexity index is 758. The molecule has 3 nitrogen and oxygen atoms in total. The summed E-state index contributed by atoms with van der Waals surface area (Å²) in [5.74, 6) is 0.0561. The summed E-state index contributed by atoms with van der Waals surface area (Å²) in [6.45, 7) is 6.60. The molecule has 1 aliphatic carbocycles. The highest BCUT2D eigenvalue weighted by Gasteiger charge is 2.24. The zero-order valence-corrected chi connectivity index (χ0v) is 15.7. The van der Waals surface area contributed by atoms with Gasteiger partial charge in [-0.25, -0.2) is 0 Å². The molecule has 0 bridgehead atoms. The molecule has 0 radical (unpaired) electrons. The van der Waals surface area contributed by atoms with Crippen LogP contribution in [-0.2, 0) is 11.2 Å². The number of carbonyl (C=O) groups excluding carboxylic acids is 1. The Hall–Kier alpha value is -2.13. The lowest BCUT2D eigenvalue weighted by molar-refractivity contribution is -0.117. The molecule has 1 atom stereocenters. The first-order valence-electron chi connectivity index (χ1n) is 9.11. The van der Waals surface area contributed by atoms with Crippen molar-refractivity contribution in [1.82, 2.24) is 4.90 Å². The molecule has 1 aliphatic rings. The van der Waals surface area contributed by atoms with E-state index in [1.54, 1.807) is 0 Å². The number of nitrogens with one attached hydrogen (secondary N) is 1. The number of carbonyl (C=O) groups is 1. The third-order valence-corrected chi connectivity index (χ3v) is 5.20.